The lowest BCUT2D eigenvalue weighted by molar-refractivity contribution is -0.135. The first-order valence-corrected chi connectivity index (χ1v) is 7.73. The summed E-state index contributed by atoms with van der Waals surface area (Å²) in [5, 5.41) is 0.674. The van der Waals surface area contributed by atoms with E-state index < -0.39 is 0 Å². The molecular formula is C18H16ClNO3. The van der Waals surface area contributed by atoms with E-state index in [1.807, 2.05) is 18.2 Å². The summed E-state index contributed by atoms with van der Waals surface area (Å²) in [6.45, 7) is 0. The number of benzene rings is 2. The molecule has 3 rings (SSSR count). The number of halogens is 1. The molecule has 2 aromatic carbocycles. The minimum atomic E-state index is -0.189. The summed E-state index contributed by atoms with van der Waals surface area (Å²) in [6.07, 6.45) is 3.54. The number of nitrogens with zero attached hydrogens (tertiary/aromatic N) is 1. The van der Waals surface area contributed by atoms with E-state index >= 15 is 0 Å². The van der Waals surface area contributed by atoms with Crippen LogP contribution in [0.15, 0.2) is 47.5 Å². The Hall–Kier alpha value is -2.33. The second kappa shape index (κ2) is 6.84. The van der Waals surface area contributed by atoms with Gasteiger partial charge in [-0.3, -0.25) is 9.79 Å². The molecule has 0 atom stereocenters. The maximum atomic E-state index is 11.8. The Labute approximate surface area is 139 Å². The van der Waals surface area contributed by atoms with E-state index in [4.69, 9.17) is 21.1 Å². The average molecular weight is 330 g/mol. The molecule has 0 unspecified atom stereocenters. The molecule has 0 radical (unpaired) electrons. The van der Waals surface area contributed by atoms with E-state index in [2.05, 4.69) is 4.99 Å². The van der Waals surface area contributed by atoms with Gasteiger partial charge in [0, 0.05) is 11.2 Å². The second-order valence-corrected chi connectivity index (χ2v) is 5.78. The standard InChI is InChI=1S/C18H16ClNO3/c1-22-17-10-12(11-20-15-7-5-14(19)6-8-15)2-9-16(17)23-18(21)13-3-4-13/h2,5-11,13H,3-4H2,1H3. The van der Waals surface area contributed by atoms with Gasteiger partial charge in [0.2, 0.25) is 0 Å². The maximum absolute atomic E-state index is 11.8. The van der Waals surface area contributed by atoms with Crippen molar-refractivity contribution in [1.29, 1.82) is 0 Å². The Balaban J connectivity index is 1.75. The number of methoxy groups -OCH3 is 1. The molecule has 23 heavy (non-hydrogen) atoms. The SMILES string of the molecule is COc1cc(C=Nc2ccc(Cl)cc2)ccc1OC(=O)C1CC1. The van der Waals surface area contributed by atoms with Crippen LogP contribution in [0.2, 0.25) is 5.02 Å². The molecule has 0 spiro atoms. The van der Waals surface area contributed by atoms with Crippen molar-refractivity contribution < 1.29 is 14.3 Å². The smallest absolute Gasteiger partial charge is 0.314 e. The number of hydrogen-bond donors (Lipinski definition) is 0. The van der Waals surface area contributed by atoms with Crippen LogP contribution in [-0.2, 0) is 4.79 Å². The molecule has 1 aliphatic rings. The summed E-state index contributed by atoms with van der Waals surface area (Å²) in [5.41, 5.74) is 1.65. The lowest BCUT2D eigenvalue weighted by atomic mass is 10.2. The van der Waals surface area contributed by atoms with E-state index in [0.717, 1.165) is 24.1 Å². The van der Waals surface area contributed by atoms with Crippen LogP contribution in [0.3, 0.4) is 0 Å². The molecule has 1 fully saturated rings. The van der Waals surface area contributed by atoms with Crippen molar-refractivity contribution >= 4 is 29.5 Å². The summed E-state index contributed by atoms with van der Waals surface area (Å²) < 4.78 is 10.7. The topological polar surface area (TPSA) is 47.9 Å². The number of hydrogen-bond acceptors (Lipinski definition) is 4. The zero-order chi connectivity index (χ0) is 16.2. The van der Waals surface area contributed by atoms with Crippen molar-refractivity contribution in [2.75, 3.05) is 7.11 Å². The van der Waals surface area contributed by atoms with Gasteiger partial charge >= 0.3 is 5.97 Å². The molecule has 2 aromatic rings. The third-order valence-electron chi connectivity index (χ3n) is 3.50. The first kappa shape index (κ1) is 15.6. The van der Waals surface area contributed by atoms with Crippen LogP contribution >= 0.6 is 11.6 Å². The zero-order valence-corrected chi connectivity index (χ0v) is 13.4. The predicted octanol–water partition coefficient (Wildman–Crippen LogP) is 4.41. The molecule has 118 valence electrons. The number of carbonyl (C=O) groups excluding carboxylic acids is 1. The van der Waals surface area contributed by atoms with Gasteiger partial charge in [-0.25, -0.2) is 0 Å². The Morgan fingerprint density at radius 1 is 1.17 bits per heavy atom. The molecule has 0 aliphatic heterocycles. The number of ether oxygens (including phenoxy) is 2. The highest BCUT2D eigenvalue weighted by molar-refractivity contribution is 6.30. The molecule has 1 aliphatic carbocycles. The number of esters is 1. The van der Waals surface area contributed by atoms with Gasteiger partial charge in [-0.15, -0.1) is 0 Å². The van der Waals surface area contributed by atoms with E-state index in [1.54, 1.807) is 37.6 Å². The van der Waals surface area contributed by atoms with Gasteiger partial charge in [0.1, 0.15) is 0 Å². The third-order valence-corrected chi connectivity index (χ3v) is 3.75. The van der Waals surface area contributed by atoms with Gasteiger partial charge in [0.05, 0.1) is 18.7 Å². The summed E-state index contributed by atoms with van der Waals surface area (Å²) in [4.78, 5) is 16.1. The Kier molecular flexibility index (Phi) is 4.63. The predicted molar refractivity (Wildman–Crippen MR) is 90.1 cm³/mol. The number of aliphatic imine (C=N–C) groups is 1. The molecule has 0 bridgehead atoms. The molecule has 4 nitrogen and oxygen atoms in total. The molecule has 0 saturated heterocycles. The minimum absolute atomic E-state index is 0.0471. The fourth-order valence-electron chi connectivity index (χ4n) is 2.04. The van der Waals surface area contributed by atoms with Crippen LogP contribution in [0, 0.1) is 5.92 Å². The lowest BCUT2D eigenvalue weighted by Gasteiger charge is -2.09. The maximum Gasteiger partial charge on any atom is 0.314 e. The van der Waals surface area contributed by atoms with Crippen LogP contribution in [0.5, 0.6) is 11.5 Å². The molecule has 0 aromatic heterocycles. The fourth-order valence-corrected chi connectivity index (χ4v) is 2.16. The second-order valence-electron chi connectivity index (χ2n) is 5.34. The van der Waals surface area contributed by atoms with E-state index in [1.165, 1.54) is 0 Å². The van der Waals surface area contributed by atoms with Crippen molar-refractivity contribution in [2.45, 2.75) is 12.8 Å². The lowest BCUT2D eigenvalue weighted by Crippen LogP contribution is -2.10. The Morgan fingerprint density at radius 2 is 1.91 bits per heavy atom. The van der Waals surface area contributed by atoms with Crippen LogP contribution in [0.25, 0.3) is 0 Å². The Bertz CT molecular complexity index is 736. The van der Waals surface area contributed by atoms with Gasteiger partial charge in [0.25, 0.3) is 0 Å². The highest BCUT2D eigenvalue weighted by Crippen LogP contribution is 2.34. The van der Waals surface area contributed by atoms with Gasteiger partial charge in [-0.2, -0.15) is 0 Å². The number of rotatable bonds is 5. The van der Waals surface area contributed by atoms with Crippen molar-refractivity contribution in [3.05, 3.63) is 53.1 Å². The summed E-state index contributed by atoms with van der Waals surface area (Å²) in [6, 6.07) is 12.6. The van der Waals surface area contributed by atoms with Gasteiger partial charge in [-0.1, -0.05) is 11.6 Å². The monoisotopic (exact) mass is 329 g/mol. The Morgan fingerprint density at radius 3 is 2.57 bits per heavy atom. The van der Waals surface area contributed by atoms with Crippen LogP contribution in [0.4, 0.5) is 5.69 Å². The fraction of sp³-hybridized carbons (Fsp3) is 0.222. The normalized spacial score (nSPS) is 14.0. The van der Waals surface area contributed by atoms with E-state index in [9.17, 15) is 4.79 Å². The van der Waals surface area contributed by atoms with Crippen LogP contribution < -0.4 is 9.47 Å². The van der Waals surface area contributed by atoms with Crippen LogP contribution in [-0.4, -0.2) is 19.3 Å². The van der Waals surface area contributed by atoms with Crippen LogP contribution in [0.1, 0.15) is 18.4 Å². The van der Waals surface area contributed by atoms with Gasteiger partial charge < -0.3 is 9.47 Å². The van der Waals surface area contributed by atoms with Crippen molar-refractivity contribution in [3.8, 4) is 11.5 Å². The molecular weight excluding hydrogens is 314 g/mol. The largest absolute Gasteiger partial charge is 0.493 e. The highest BCUT2D eigenvalue weighted by Gasteiger charge is 2.32. The molecule has 1 saturated carbocycles. The summed E-state index contributed by atoms with van der Waals surface area (Å²) in [5.74, 6) is 0.809. The quantitative estimate of drug-likeness (QED) is 0.463. The first-order valence-electron chi connectivity index (χ1n) is 7.35. The molecule has 0 N–H and O–H groups in total. The van der Waals surface area contributed by atoms with Gasteiger partial charge in [-0.05, 0) is 60.9 Å². The third kappa shape index (κ3) is 4.11. The van der Waals surface area contributed by atoms with Crippen molar-refractivity contribution in [2.24, 2.45) is 10.9 Å². The number of carbonyl (C=O) groups is 1. The molecule has 0 amide bonds. The molecule has 0 heterocycles. The zero-order valence-electron chi connectivity index (χ0n) is 12.7. The van der Waals surface area contributed by atoms with Gasteiger partial charge in [0.15, 0.2) is 11.5 Å². The highest BCUT2D eigenvalue weighted by atomic mass is 35.5. The summed E-state index contributed by atoms with van der Waals surface area (Å²) >= 11 is 5.84. The van der Waals surface area contributed by atoms with E-state index in [-0.39, 0.29) is 11.9 Å². The minimum Gasteiger partial charge on any atom is -0.493 e. The van der Waals surface area contributed by atoms with Crippen molar-refractivity contribution in [1.82, 2.24) is 0 Å². The molecule has 5 heteroatoms. The summed E-state index contributed by atoms with van der Waals surface area (Å²) in [7, 11) is 1.55. The van der Waals surface area contributed by atoms with Crippen molar-refractivity contribution in [3.63, 3.8) is 0 Å². The first-order chi connectivity index (χ1) is 11.2. The van der Waals surface area contributed by atoms with E-state index in [0.29, 0.717) is 16.5 Å². The average Bonchev–Trinajstić information content (AvgIpc) is 3.40.